The zero-order valence-corrected chi connectivity index (χ0v) is 11.4. The maximum Gasteiger partial charge on any atom is 0.128 e. The Hall–Kier alpha value is 0.0700. The minimum atomic E-state index is -0.134. The molecule has 0 saturated carbocycles. The second-order valence-corrected chi connectivity index (χ2v) is 5.62. The summed E-state index contributed by atoms with van der Waals surface area (Å²) < 4.78 is 15.3. The van der Waals surface area contributed by atoms with Crippen molar-refractivity contribution in [2.45, 2.75) is 25.3 Å². The van der Waals surface area contributed by atoms with Gasteiger partial charge in [-0.3, -0.25) is 0 Å². The van der Waals surface area contributed by atoms with Gasteiger partial charge in [-0.1, -0.05) is 31.9 Å². The van der Waals surface area contributed by atoms with Crippen LogP contribution in [0.1, 0.15) is 18.4 Å². The van der Waals surface area contributed by atoms with Crippen molar-refractivity contribution in [3.05, 3.63) is 32.5 Å². The molecule has 0 radical (unpaired) electrons. The van der Waals surface area contributed by atoms with E-state index in [-0.39, 0.29) is 5.82 Å². The van der Waals surface area contributed by atoms with E-state index < -0.39 is 0 Å². The van der Waals surface area contributed by atoms with Crippen LogP contribution in [0.3, 0.4) is 0 Å². The number of halogens is 3. The van der Waals surface area contributed by atoms with Crippen LogP contribution < -0.4 is 5.32 Å². The zero-order chi connectivity index (χ0) is 10.8. The molecule has 1 aliphatic heterocycles. The minimum Gasteiger partial charge on any atom is -0.314 e. The SMILES string of the molecule is Fc1cc(Br)cc(Br)c1CC1CCCN1. The number of hydrogen-bond acceptors (Lipinski definition) is 1. The normalized spacial score (nSPS) is 20.9. The van der Waals surface area contributed by atoms with Gasteiger partial charge in [-0.05, 0) is 37.9 Å². The van der Waals surface area contributed by atoms with Gasteiger partial charge in [0.15, 0.2) is 0 Å². The summed E-state index contributed by atoms with van der Waals surface area (Å²) in [5.74, 6) is -0.134. The van der Waals surface area contributed by atoms with Gasteiger partial charge in [0.2, 0.25) is 0 Å². The van der Waals surface area contributed by atoms with Gasteiger partial charge in [0.1, 0.15) is 5.82 Å². The summed E-state index contributed by atoms with van der Waals surface area (Å²) in [6.07, 6.45) is 3.10. The van der Waals surface area contributed by atoms with Gasteiger partial charge in [0.05, 0.1) is 0 Å². The summed E-state index contributed by atoms with van der Waals surface area (Å²) in [4.78, 5) is 0. The van der Waals surface area contributed by atoms with Crippen molar-refractivity contribution in [1.82, 2.24) is 5.32 Å². The van der Waals surface area contributed by atoms with Crippen LogP contribution in [0, 0.1) is 5.82 Å². The largest absolute Gasteiger partial charge is 0.314 e. The van der Waals surface area contributed by atoms with Gasteiger partial charge in [-0.15, -0.1) is 0 Å². The third-order valence-electron chi connectivity index (χ3n) is 2.72. The molecule has 0 bridgehead atoms. The highest BCUT2D eigenvalue weighted by molar-refractivity contribution is 9.11. The molecule has 0 spiro atoms. The molecule has 1 N–H and O–H groups in total. The lowest BCUT2D eigenvalue weighted by Gasteiger charge is -2.12. The standard InChI is InChI=1S/C11H12Br2FN/c12-7-4-10(13)9(11(14)5-7)6-8-2-1-3-15-8/h4-5,8,15H,1-3,6H2. The fourth-order valence-corrected chi connectivity index (χ4v) is 3.28. The van der Waals surface area contributed by atoms with Gasteiger partial charge in [-0.25, -0.2) is 4.39 Å². The minimum absolute atomic E-state index is 0.134. The van der Waals surface area contributed by atoms with Crippen LogP contribution in [0.25, 0.3) is 0 Å². The van der Waals surface area contributed by atoms with E-state index in [0.717, 1.165) is 33.9 Å². The van der Waals surface area contributed by atoms with Gasteiger partial charge in [-0.2, -0.15) is 0 Å². The Labute approximate surface area is 106 Å². The summed E-state index contributed by atoms with van der Waals surface area (Å²) >= 11 is 6.68. The molecule has 1 atom stereocenters. The second kappa shape index (κ2) is 4.93. The molecular weight excluding hydrogens is 325 g/mol. The molecule has 1 aliphatic rings. The van der Waals surface area contributed by atoms with E-state index in [2.05, 4.69) is 37.2 Å². The number of rotatable bonds is 2. The van der Waals surface area contributed by atoms with E-state index >= 15 is 0 Å². The second-order valence-electron chi connectivity index (χ2n) is 3.85. The van der Waals surface area contributed by atoms with Crippen LogP contribution in [0.4, 0.5) is 4.39 Å². The van der Waals surface area contributed by atoms with E-state index in [0.29, 0.717) is 6.04 Å². The third kappa shape index (κ3) is 2.80. The van der Waals surface area contributed by atoms with E-state index in [1.807, 2.05) is 6.07 Å². The van der Waals surface area contributed by atoms with Crippen molar-refractivity contribution in [3.8, 4) is 0 Å². The first-order valence-electron chi connectivity index (χ1n) is 5.03. The summed E-state index contributed by atoms with van der Waals surface area (Å²) in [6, 6.07) is 3.85. The highest BCUT2D eigenvalue weighted by Gasteiger charge is 2.18. The van der Waals surface area contributed by atoms with Crippen LogP contribution in [-0.4, -0.2) is 12.6 Å². The summed E-state index contributed by atoms with van der Waals surface area (Å²) in [5.41, 5.74) is 0.776. The van der Waals surface area contributed by atoms with Crippen LogP contribution in [0.15, 0.2) is 21.1 Å². The maximum atomic E-state index is 13.7. The summed E-state index contributed by atoms with van der Waals surface area (Å²) in [5, 5.41) is 3.37. The molecule has 1 nitrogen and oxygen atoms in total. The van der Waals surface area contributed by atoms with E-state index in [1.54, 1.807) is 0 Å². The Morgan fingerprint density at radius 3 is 2.80 bits per heavy atom. The Bertz CT molecular complexity index is 339. The van der Waals surface area contributed by atoms with Crippen molar-refractivity contribution in [2.24, 2.45) is 0 Å². The first kappa shape index (κ1) is 11.6. The average molecular weight is 337 g/mol. The fourth-order valence-electron chi connectivity index (χ4n) is 1.94. The quantitative estimate of drug-likeness (QED) is 0.869. The predicted molar refractivity (Wildman–Crippen MR) is 66.5 cm³/mol. The topological polar surface area (TPSA) is 12.0 Å². The van der Waals surface area contributed by atoms with Crippen LogP contribution in [0.5, 0.6) is 0 Å². The molecule has 82 valence electrons. The first-order chi connectivity index (χ1) is 7.16. The van der Waals surface area contributed by atoms with Crippen LogP contribution >= 0.6 is 31.9 Å². The zero-order valence-electron chi connectivity index (χ0n) is 8.19. The van der Waals surface area contributed by atoms with Crippen LogP contribution in [0.2, 0.25) is 0 Å². The van der Waals surface area contributed by atoms with Crippen molar-refractivity contribution < 1.29 is 4.39 Å². The van der Waals surface area contributed by atoms with E-state index in [4.69, 9.17) is 0 Å². The molecular formula is C11H12Br2FN. The highest BCUT2D eigenvalue weighted by Crippen LogP contribution is 2.27. The lowest BCUT2D eigenvalue weighted by Crippen LogP contribution is -2.24. The molecule has 4 heteroatoms. The molecule has 1 heterocycles. The molecule has 1 fully saturated rings. The van der Waals surface area contributed by atoms with Crippen molar-refractivity contribution in [3.63, 3.8) is 0 Å². The Balaban J connectivity index is 2.19. The monoisotopic (exact) mass is 335 g/mol. The maximum absolute atomic E-state index is 13.7. The van der Waals surface area contributed by atoms with Crippen LogP contribution in [-0.2, 0) is 6.42 Å². The third-order valence-corrected chi connectivity index (χ3v) is 3.88. The van der Waals surface area contributed by atoms with Gasteiger partial charge < -0.3 is 5.32 Å². The molecule has 1 unspecified atom stereocenters. The highest BCUT2D eigenvalue weighted by atomic mass is 79.9. The fraction of sp³-hybridized carbons (Fsp3) is 0.455. The van der Waals surface area contributed by atoms with Gasteiger partial charge >= 0.3 is 0 Å². The molecule has 0 amide bonds. The number of benzene rings is 1. The number of hydrogen-bond donors (Lipinski definition) is 1. The molecule has 1 saturated heterocycles. The summed E-state index contributed by atoms with van der Waals surface area (Å²) in [7, 11) is 0. The smallest absolute Gasteiger partial charge is 0.128 e. The predicted octanol–water partition coefficient (Wildman–Crippen LogP) is 3.65. The lowest BCUT2D eigenvalue weighted by molar-refractivity contribution is 0.558. The Kier molecular flexibility index (Phi) is 3.80. The van der Waals surface area contributed by atoms with E-state index in [1.165, 1.54) is 12.5 Å². The summed E-state index contributed by atoms with van der Waals surface area (Å²) in [6.45, 7) is 1.06. The van der Waals surface area contributed by atoms with Crippen molar-refractivity contribution in [1.29, 1.82) is 0 Å². The van der Waals surface area contributed by atoms with E-state index in [9.17, 15) is 4.39 Å². The molecule has 0 aliphatic carbocycles. The first-order valence-corrected chi connectivity index (χ1v) is 6.62. The van der Waals surface area contributed by atoms with Gasteiger partial charge in [0.25, 0.3) is 0 Å². The average Bonchev–Trinajstić information content (AvgIpc) is 2.63. The molecule has 1 aromatic rings. The van der Waals surface area contributed by atoms with Crippen molar-refractivity contribution >= 4 is 31.9 Å². The molecule has 1 aromatic carbocycles. The molecule has 15 heavy (non-hydrogen) atoms. The molecule has 2 rings (SSSR count). The lowest BCUT2D eigenvalue weighted by atomic mass is 10.0. The molecule has 0 aromatic heterocycles. The van der Waals surface area contributed by atoms with Crippen molar-refractivity contribution in [2.75, 3.05) is 6.54 Å². The Morgan fingerprint density at radius 2 is 2.20 bits per heavy atom. The van der Waals surface area contributed by atoms with Gasteiger partial charge in [0, 0.05) is 20.6 Å². The number of nitrogens with one attached hydrogen (secondary N) is 1. The Morgan fingerprint density at radius 1 is 1.40 bits per heavy atom.